The first kappa shape index (κ1) is 34.4. The van der Waals surface area contributed by atoms with Crippen LogP contribution in [-0.2, 0) is 32.7 Å². The molecular formula is C38H40N3O11S-. The van der Waals surface area contributed by atoms with E-state index in [4.69, 9.17) is 33.7 Å². The minimum Gasteiger partial charge on any atom is -0.648 e. The monoisotopic (exact) mass is 746 g/mol. The van der Waals surface area contributed by atoms with Gasteiger partial charge in [0.05, 0.1) is 26.5 Å². The molecule has 7 aliphatic rings. The molecule has 53 heavy (non-hydrogen) atoms. The molecule has 2 fully saturated rings. The SMILES string of the molecule is COc1cc2c(cc1O)CCN[C@]21CS[C@@H]2c3c(OC(C)=O)c(C)c4c(c3[C@H](COC1=O)N1C2C2[N-]C(Cc3cc(C)c(OC)c(O)c32)[C@@H]1O)OCO4. The van der Waals surface area contributed by atoms with Crippen molar-refractivity contribution in [1.82, 2.24) is 10.2 Å². The average Bonchev–Trinajstić information content (AvgIpc) is 3.63. The number of nitrogens with zero attached hydrogens (tertiary/aromatic N) is 2. The number of fused-ring (bicyclic) bond motifs is 9. The normalized spacial score (nSPS) is 29.4. The maximum Gasteiger partial charge on any atom is 0.331 e. The number of phenolic OH excluding ortho intramolecular Hbond substituents is 2. The van der Waals surface area contributed by atoms with Crippen LogP contribution in [0.3, 0.4) is 0 Å². The van der Waals surface area contributed by atoms with E-state index in [0.717, 1.165) is 16.7 Å². The van der Waals surface area contributed by atoms with Crippen LogP contribution in [0.15, 0.2) is 18.2 Å². The molecule has 4 N–H and O–H groups in total. The second kappa shape index (κ2) is 12.3. The van der Waals surface area contributed by atoms with Gasteiger partial charge in [-0.3, -0.25) is 15.0 Å². The Hall–Kier alpha value is -4.41. The molecule has 0 saturated carbocycles. The quantitative estimate of drug-likeness (QED) is 0.224. The summed E-state index contributed by atoms with van der Waals surface area (Å²) in [6.45, 7) is 5.18. The Bertz CT molecular complexity index is 2090. The van der Waals surface area contributed by atoms with Crippen molar-refractivity contribution in [2.45, 2.75) is 74.8 Å². The van der Waals surface area contributed by atoms with Gasteiger partial charge in [-0.2, -0.15) is 0 Å². The van der Waals surface area contributed by atoms with Crippen LogP contribution in [0.5, 0.6) is 40.2 Å². The Kier molecular flexibility index (Phi) is 7.98. The van der Waals surface area contributed by atoms with Crippen molar-refractivity contribution < 1.29 is 53.3 Å². The van der Waals surface area contributed by atoms with E-state index in [9.17, 15) is 24.9 Å². The molecule has 10 rings (SSSR count). The number of aromatic hydroxyl groups is 2. The molecule has 0 aromatic heterocycles. The largest absolute Gasteiger partial charge is 0.648 e. The summed E-state index contributed by atoms with van der Waals surface area (Å²) in [5.41, 5.74) is 4.10. The van der Waals surface area contributed by atoms with Gasteiger partial charge in [0, 0.05) is 47.2 Å². The van der Waals surface area contributed by atoms with E-state index in [2.05, 4.69) is 5.32 Å². The molecule has 4 bridgehead atoms. The third-order valence-electron chi connectivity index (χ3n) is 11.7. The Morgan fingerprint density at radius 3 is 2.58 bits per heavy atom. The lowest BCUT2D eigenvalue weighted by Gasteiger charge is -2.65. The molecule has 280 valence electrons. The molecule has 3 aromatic carbocycles. The van der Waals surface area contributed by atoms with E-state index >= 15 is 0 Å². The van der Waals surface area contributed by atoms with E-state index < -0.39 is 53.1 Å². The zero-order valence-electron chi connectivity index (χ0n) is 29.8. The minimum absolute atomic E-state index is 0.0102. The highest BCUT2D eigenvalue weighted by molar-refractivity contribution is 7.99. The van der Waals surface area contributed by atoms with Crippen LogP contribution in [0, 0.1) is 13.8 Å². The summed E-state index contributed by atoms with van der Waals surface area (Å²) in [5, 5.41) is 42.9. The number of carbonyl (C=O) groups excluding carboxylic acids is 2. The highest BCUT2D eigenvalue weighted by atomic mass is 32.2. The van der Waals surface area contributed by atoms with Crippen molar-refractivity contribution in [3.05, 3.63) is 68.0 Å². The maximum absolute atomic E-state index is 14.6. The van der Waals surface area contributed by atoms with Gasteiger partial charge in [-0.15, -0.1) is 11.8 Å². The molecule has 1 spiro atoms. The molecular weight excluding hydrogens is 706 g/mol. The number of aliphatic hydroxyl groups excluding tert-OH is 1. The van der Waals surface area contributed by atoms with Gasteiger partial charge in [0.15, 0.2) is 40.0 Å². The summed E-state index contributed by atoms with van der Waals surface area (Å²) in [5.74, 6) is 0.768. The molecule has 3 unspecified atom stereocenters. The number of thioether (sulfide) groups is 1. The smallest absolute Gasteiger partial charge is 0.331 e. The van der Waals surface area contributed by atoms with Crippen LogP contribution in [0.2, 0.25) is 0 Å². The van der Waals surface area contributed by atoms with Crippen LogP contribution < -0.4 is 29.0 Å². The summed E-state index contributed by atoms with van der Waals surface area (Å²) in [6.07, 6.45) is -0.183. The number of aliphatic hydroxyl groups is 1. The summed E-state index contributed by atoms with van der Waals surface area (Å²) in [6, 6.07) is 2.63. The molecule has 2 saturated heterocycles. The second-order valence-corrected chi connectivity index (χ2v) is 15.5. The molecule has 15 heteroatoms. The Morgan fingerprint density at radius 2 is 1.83 bits per heavy atom. The minimum atomic E-state index is -1.37. The van der Waals surface area contributed by atoms with E-state index in [1.165, 1.54) is 32.9 Å². The number of methoxy groups -OCH3 is 2. The Labute approximate surface area is 309 Å². The summed E-state index contributed by atoms with van der Waals surface area (Å²) >= 11 is 1.43. The number of phenols is 2. The number of carbonyl (C=O) groups is 2. The number of ether oxygens (including phenoxy) is 6. The van der Waals surface area contributed by atoms with Gasteiger partial charge in [0.2, 0.25) is 6.79 Å². The van der Waals surface area contributed by atoms with Gasteiger partial charge in [0.25, 0.3) is 0 Å². The van der Waals surface area contributed by atoms with Crippen LogP contribution in [0.25, 0.3) is 5.32 Å². The van der Waals surface area contributed by atoms with Crippen LogP contribution in [-0.4, -0.2) is 90.4 Å². The van der Waals surface area contributed by atoms with E-state index in [1.807, 2.05) is 24.8 Å². The summed E-state index contributed by atoms with van der Waals surface area (Å²) in [7, 11) is 2.97. The van der Waals surface area contributed by atoms with Crippen molar-refractivity contribution in [3.63, 3.8) is 0 Å². The topological polar surface area (TPSA) is 180 Å². The van der Waals surface area contributed by atoms with Crippen LogP contribution in [0.4, 0.5) is 0 Å². The second-order valence-electron chi connectivity index (χ2n) is 14.4. The van der Waals surface area contributed by atoms with Crippen molar-refractivity contribution in [3.8, 4) is 40.2 Å². The molecule has 7 atom stereocenters. The standard InChI is InChI=1S/C38H40N3O11S/c1-15-8-19-9-21-36(45)41-22-12-49-37(46)38(20-11-24(47-4)23(43)10-18(20)6-7-39-38)13-53-35(29(41)28(40-21)25(19)30(44)31(15)48-5)27-26(22)34-33(50-14-51-34)16(2)32(27)52-17(3)42/h8,10-11,21-22,28-29,35-36,39,43-45H,6-7,9,12-14H2,1-5H3/q-1/t21?,22-,28?,29?,35+,36-,38+/m0/s1. The highest BCUT2D eigenvalue weighted by Gasteiger charge is 2.57. The van der Waals surface area contributed by atoms with E-state index in [-0.39, 0.29) is 36.4 Å². The third kappa shape index (κ3) is 4.80. The maximum atomic E-state index is 14.6. The fourth-order valence-corrected chi connectivity index (χ4v) is 11.2. The van der Waals surface area contributed by atoms with Gasteiger partial charge in [-0.05, 0) is 66.6 Å². The molecule has 7 heterocycles. The first-order valence-corrected chi connectivity index (χ1v) is 18.7. The fourth-order valence-electron chi connectivity index (χ4n) is 9.49. The van der Waals surface area contributed by atoms with Gasteiger partial charge in [-0.25, -0.2) is 4.79 Å². The number of benzene rings is 3. The molecule has 0 aliphatic carbocycles. The zero-order chi connectivity index (χ0) is 37.1. The lowest BCUT2D eigenvalue weighted by atomic mass is 9.74. The van der Waals surface area contributed by atoms with Crippen molar-refractivity contribution in [2.24, 2.45) is 0 Å². The van der Waals surface area contributed by atoms with Gasteiger partial charge >= 0.3 is 11.9 Å². The lowest BCUT2D eigenvalue weighted by molar-refractivity contribution is -0.160. The van der Waals surface area contributed by atoms with E-state index in [1.54, 1.807) is 12.1 Å². The molecule has 0 radical (unpaired) electrons. The zero-order valence-corrected chi connectivity index (χ0v) is 30.7. The Morgan fingerprint density at radius 1 is 1.04 bits per heavy atom. The van der Waals surface area contributed by atoms with Crippen molar-refractivity contribution >= 4 is 23.7 Å². The highest BCUT2D eigenvalue weighted by Crippen LogP contribution is 2.65. The number of esters is 2. The molecule has 7 aliphatic heterocycles. The average molecular weight is 747 g/mol. The lowest BCUT2D eigenvalue weighted by Crippen LogP contribution is -2.64. The number of aryl methyl sites for hydroxylation is 1. The number of rotatable bonds is 3. The first-order valence-electron chi connectivity index (χ1n) is 17.6. The van der Waals surface area contributed by atoms with E-state index in [0.29, 0.717) is 70.2 Å². The van der Waals surface area contributed by atoms with Crippen LogP contribution in [0.1, 0.15) is 68.8 Å². The molecule has 0 amide bonds. The predicted molar refractivity (Wildman–Crippen MR) is 190 cm³/mol. The summed E-state index contributed by atoms with van der Waals surface area (Å²) in [4.78, 5) is 29.4. The first-order chi connectivity index (χ1) is 25.5. The molecule has 14 nitrogen and oxygen atoms in total. The third-order valence-corrected chi connectivity index (χ3v) is 13.1. The number of hydrogen-bond donors (Lipinski definition) is 4. The number of hydrogen-bond acceptors (Lipinski definition) is 14. The number of piperazine rings is 1. The van der Waals surface area contributed by atoms with Gasteiger partial charge in [0.1, 0.15) is 12.4 Å². The Balaban J connectivity index is 1.31. The van der Waals surface area contributed by atoms with Gasteiger partial charge in [-0.1, -0.05) is 18.2 Å². The van der Waals surface area contributed by atoms with Crippen molar-refractivity contribution in [1.29, 1.82) is 0 Å². The molecule has 3 aromatic rings. The van der Waals surface area contributed by atoms with Crippen molar-refractivity contribution in [2.75, 3.05) is 39.9 Å². The predicted octanol–water partition coefficient (Wildman–Crippen LogP) is 3.86. The van der Waals surface area contributed by atoms with Crippen LogP contribution >= 0.6 is 11.8 Å². The fraction of sp³-hybridized carbons (Fsp3) is 0.474. The van der Waals surface area contributed by atoms with Gasteiger partial charge < -0.3 is 49.1 Å². The number of nitrogens with one attached hydrogen (secondary N) is 1. The summed E-state index contributed by atoms with van der Waals surface area (Å²) < 4.78 is 35.7.